The molecule has 1 saturated heterocycles. The smallest absolute Gasteiger partial charge is 0.256 e. The third kappa shape index (κ3) is 4.10. The number of rotatable bonds is 4. The fraction of sp³-hybridized carbons (Fsp3) is 0.318. The summed E-state index contributed by atoms with van der Waals surface area (Å²) in [6.45, 7) is 2.89. The maximum absolute atomic E-state index is 15.0. The molecule has 0 bridgehead atoms. The molecule has 0 unspecified atom stereocenters. The molecule has 12 heteroatoms. The van der Waals surface area contributed by atoms with E-state index >= 15 is 0 Å². The molecule has 180 valence electrons. The fourth-order valence-corrected chi connectivity index (χ4v) is 3.82. The van der Waals surface area contributed by atoms with Crippen molar-refractivity contribution in [1.29, 1.82) is 0 Å². The van der Waals surface area contributed by atoms with Crippen LogP contribution < -0.4 is 15.6 Å². The Morgan fingerprint density at radius 3 is 2.21 bits per heavy atom. The number of pyridine rings is 2. The molecule has 0 aliphatic carbocycles. The van der Waals surface area contributed by atoms with Gasteiger partial charge >= 0.3 is 0 Å². The first-order valence-electron chi connectivity index (χ1n) is 10.3. The van der Waals surface area contributed by atoms with Crippen LogP contribution >= 0.6 is 0 Å². The minimum absolute atomic E-state index is 0.186. The van der Waals surface area contributed by atoms with E-state index in [-0.39, 0.29) is 19.1 Å². The van der Waals surface area contributed by atoms with Crippen molar-refractivity contribution < 1.29 is 32.6 Å². The van der Waals surface area contributed by atoms with E-state index in [4.69, 9.17) is 0 Å². The number of nitrogens with one attached hydrogen (secondary N) is 1. The number of hydrogen-bond acceptors (Lipinski definition) is 6. The summed E-state index contributed by atoms with van der Waals surface area (Å²) in [5.41, 5.74) is -2.73. The van der Waals surface area contributed by atoms with Gasteiger partial charge in [0.2, 0.25) is 5.43 Å². The predicted octanol–water partition coefficient (Wildman–Crippen LogP) is 1.62. The largest absolute Gasteiger partial charge is 0.389 e. The van der Waals surface area contributed by atoms with E-state index < -0.39 is 74.9 Å². The van der Waals surface area contributed by atoms with Crippen LogP contribution in [0.5, 0.6) is 0 Å². The molecule has 4 rings (SSSR count). The summed E-state index contributed by atoms with van der Waals surface area (Å²) in [6, 6.07) is 1.20. The topological polar surface area (TPSA) is 108 Å². The number of β-amino-alcohol motifs (C(OH)–C–C–N with tert-alkyl or cyclic N) is 2. The van der Waals surface area contributed by atoms with Crippen LogP contribution in [0.25, 0.3) is 16.7 Å². The van der Waals surface area contributed by atoms with E-state index in [0.29, 0.717) is 12.1 Å². The Bertz CT molecular complexity index is 1330. The molecule has 1 fully saturated rings. The summed E-state index contributed by atoms with van der Waals surface area (Å²) in [6.07, 6.45) is -1.52. The van der Waals surface area contributed by atoms with Gasteiger partial charge in [0, 0.05) is 37.5 Å². The molecular weight excluding hydrogens is 460 g/mol. The number of aliphatic hydroxyl groups is 2. The molecule has 3 heterocycles. The van der Waals surface area contributed by atoms with Gasteiger partial charge in [-0.05, 0) is 19.9 Å². The lowest BCUT2D eigenvalue weighted by atomic mass is 10.1. The van der Waals surface area contributed by atoms with Gasteiger partial charge in [-0.15, -0.1) is 0 Å². The zero-order valence-electron chi connectivity index (χ0n) is 18.0. The summed E-state index contributed by atoms with van der Waals surface area (Å²) >= 11 is 0. The van der Waals surface area contributed by atoms with Crippen LogP contribution in [0.15, 0.2) is 29.2 Å². The molecule has 3 N–H and O–H groups in total. The maximum atomic E-state index is 15.0. The second-order valence-electron chi connectivity index (χ2n) is 8.29. The number of aliphatic hydroxyl groups excluding tert-OH is 2. The zero-order valence-corrected chi connectivity index (χ0v) is 18.0. The zero-order chi connectivity index (χ0) is 24.9. The lowest BCUT2D eigenvalue weighted by Gasteiger charge is -2.20. The van der Waals surface area contributed by atoms with Crippen molar-refractivity contribution in [2.45, 2.75) is 32.1 Å². The predicted molar refractivity (Wildman–Crippen MR) is 114 cm³/mol. The van der Waals surface area contributed by atoms with Gasteiger partial charge in [0.25, 0.3) is 5.91 Å². The van der Waals surface area contributed by atoms with Crippen LogP contribution in [0, 0.1) is 23.3 Å². The molecule has 8 nitrogen and oxygen atoms in total. The number of halogens is 4. The van der Waals surface area contributed by atoms with Crippen molar-refractivity contribution in [1.82, 2.24) is 14.9 Å². The van der Waals surface area contributed by atoms with Crippen molar-refractivity contribution in [3.8, 4) is 5.69 Å². The Kier molecular flexibility index (Phi) is 6.04. The second kappa shape index (κ2) is 8.69. The first-order chi connectivity index (χ1) is 16.0. The molecule has 34 heavy (non-hydrogen) atoms. The summed E-state index contributed by atoms with van der Waals surface area (Å²) in [4.78, 5) is 30.9. The van der Waals surface area contributed by atoms with Crippen LogP contribution in [0.3, 0.4) is 0 Å². The first-order valence-corrected chi connectivity index (χ1v) is 10.3. The molecule has 0 spiro atoms. The van der Waals surface area contributed by atoms with Crippen LogP contribution in [-0.2, 0) is 0 Å². The standard InChI is InChI=1S/C22H20F4N4O4/c1-9(2)27-22(34)12-6-30(18-13(24)3-10(23)4-14(18)25)20-11(19(12)33)5-15(26)21(28-20)29-7-16(31)17(32)8-29/h3-6,9,16-17,31-32H,7-8H2,1-2H3,(H,27,34)/t16-,17-/m1/s1. The third-order valence-corrected chi connectivity index (χ3v) is 5.36. The van der Waals surface area contributed by atoms with E-state index in [1.807, 2.05) is 0 Å². The number of aromatic nitrogens is 2. The van der Waals surface area contributed by atoms with Crippen molar-refractivity contribution in [2.75, 3.05) is 18.0 Å². The summed E-state index contributed by atoms with van der Waals surface area (Å²) < 4.78 is 58.6. The van der Waals surface area contributed by atoms with Crippen LogP contribution in [0.1, 0.15) is 24.2 Å². The Hall–Kier alpha value is -3.51. The lowest BCUT2D eigenvalue weighted by molar-refractivity contribution is 0.0572. The van der Waals surface area contributed by atoms with Crippen molar-refractivity contribution in [3.05, 3.63) is 63.5 Å². The molecular formula is C22H20F4N4O4. The van der Waals surface area contributed by atoms with E-state index in [1.54, 1.807) is 13.8 Å². The third-order valence-electron chi connectivity index (χ3n) is 5.36. The second-order valence-corrected chi connectivity index (χ2v) is 8.29. The normalized spacial score (nSPS) is 18.2. The number of benzene rings is 1. The molecule has 0 saturated carbocycles. The Morgan fingerprint density at radius 2 is 1.65 bits per heavy atom. The highest BCUT2D eigenvalue weighted by atomic mass is 19.1. The van der Waals surface area contributed by atoms with Gasteiger partial charge in [-0.1, -0.05) is 0 Å². The molecule has 1 amide bonds. The summed E-state index contributed by atoms with van der Waals surface area (Å²) in [7, 11) is 0. The van der Waals surface area contributed by atoms with E-state index in [1.165, 1.54) is 4.90 Å². The van der Waals surface area contributed by atoms with Crippen molar-refractivity contribution in [3.63, 3.8) is 0 Å². The average molecular weight is 480 g/mol. The molecule has 2 aromatic heterocycles. The Balaban J connectivity index is 2.04. The Labute approximate surface area is 190 Å². The van der Waals surface area contributed by atoms with Gasteiger partial charge in [-0.3, -0.25) is 14.2 Å². The molecule has 1 aromatic carbocycles. The number of anilines is 1. The van der Waals surface area contributed by atoms with Gasteiger partial charge in [-0.25, -0.2) is 22.5 Å². The lowest BCUT2D eigenvalue weighted by Crippen LogP contribution is -2.34. The van der Waals surface area contributed by atoms with Gasteiger partial charge in [0.1, 0.15) is 17.1 Å². The fourth-order valence-electron chi connectivity index (χ4n) is 3.82. The van der Waals surface area contributed by atoms with Gasteiger partial charge in [0.15, 0.2) is 28.9 Å². The van der Waals surface area contributed by atoms with Crippen LogP contribution in [-0.4, -0.2) is 57.0 Å². The van der Waals surface area contributed by atoms with Gasteiger partial charge in [-0.2, -0.15) is 0 Å². The van der Waals surface area contributed by atoms with Gasteiger partial charge in [0.05, 0.1) is 17.6 Å². The first kappa shape index (κ1) is 23.6. The maximum Gasteiger partial charge on any atom is 0.256 e. The van der Waals surface area contributed by atoms with Gasteiger partial charge < -0.3 is 20.4 Å². The quantitative estimate of drug-likeness (QED) is 0.490. The minimum atomic E-state index is -1.35. The number of nitrogens with zero attached hydrogens (tertiary/aromatic N) is 3. The van der Waals surface area contributed by atoms with E-state index in [0.717, 1.165) is 16.8 Å². The monoisotopic (exact) mass is 480 g/mol. The summed E-state index contributed by atoms with van der Waals surface area (Å²) in [5, 5.41) is 21.6. The summed E-state index contributed by atoms with van der Waals surface area (Å²) in [5.74, 6) is -6.16. The number of carbonyl (C=O) groups is 1. The molecule has 2 atom stereocenters. The highest BCUT2D eigenvalue weighted by molar-refractivity contribution is 5.97. The van der Waals surface area contributed by atoms with Crippen LogP contribution in [0.2, 0.25) is 0 Å². The number of carbonyl (C=O) groups excluding carboxylic acids is 1. The minimum Gasteiger partial charge on any atom is -0.389 e. The average Bonchev–Trinajstić information content (AvgIpc) is 3.06. The SMILES string of the molecule is CC(C)NC(=O)c1cn(-c2c(F)cc(F)cc2F)c2nc(N3C[C@@H](O)[C@H](O)C3)c(F)cc2c1=O. The number of fused-ring (bicyclic) bond motifs is 1. The number of hydrogen-bond donors (Lipinski definition) is 3. The molecule has 3 aromatic rings. The van der Waals surface area contributed by atoms with E-state index in [9.17, 15) is 37.4 Å². The molecule has 1 aliphatic heterocycles. The number of amides is 1. The van der Waals surface area contributed by atoms with E-state index in [2.05, 4.69) is 10.3 Å². The molecule has 0 radical (unpaired) electrons. The van der Waals surface area contributed by atoms with Crippen LogP contribution in [0.4, 0.5) is 23.4 Å². The Morgan fingerprint density at radius 1 is 1.06 bits per heavy atom. The highest BCUT2D eigenvalue weighted by Gasteiger charge is 2.33. The van der Waals surface area contributed by atoms with Crippen molar-refractivity contribution in [2.24, 2.45) is 0 Å². The highest BCUT2D eigenvalue weighted by Crippen LogP contribution is 2.28. The molecule has 1 aliphatic rings. The van der Waals surface area contributed by atoms with Crippen molar-refractivity contribution >= 4 is 22.8 Å².